The van der Waals surface area contributed by atoms with Crippen LogP contribution in [0.5, 0.6) is 0 Å². The summed E-state index contributed by atoms with van der Waals surface area (Å²) in [6.45, 7) is 2.85. The molecule has 4 aromatic rings. The molecule has 0 amide bonds. The molecule has 0 unspecified atom stereocenters. The van der Waals surface area contributed by atoms with Crippen LogP contribution in [0.1, 0.15) is 30.2 Å². The van der Waals surface area contributed by atoms with Gasteiger partial charge in [0.2, 0.25) is 11.7 Å². The number of pyridine rings is 1. The lowest BCUT2D eigenvalue weighted by molar-refractivity contribution is 0.187. The van der Waals surface area contributed by atoms with E-state index in [9.17, 15) is 0 Å². The van der Waals surface area contributed by atoms with Crippen LogP contribution in [0.25, 0.3) is 22.4 Å². The topological polar surface area (TPSA) is 55.1 Å². The van der Waals surface area contributed by atoms with E-state index in [1.54, 1.807) is 0 Å². The Hall–Kier alpha value is -2.76. The van der Waals surface area contributed by atoms with Crippen molar-refractivity contribution in [1.82, 2.24) is 20.0 Å². The fraction of sp³-hybridized carbons (Fsp3) is 0.261. The number of benzene rings is 2. The van der Waals surface area contributed by atoms with Gasteiger partial charge >= 0.3 is 0 Å². The Morgan fingerprint density at radius 2 is 1.72 bits per heavy atom. The van der Waals surface area contributed by atoms with Gasteiger partial charge in [0.15, 0.2) is 0 Å². The summed E-state index contributed by atoms with van der Waals surface area (Å²) in [6, 6.07) is 20.1. The predicted octanol–water partition coefficient (Wildman–Crippen LogP) is 5.32. The Bertz CT molecular complexity index is 1130. The predicted molar refractivity (Wildman–Crippen MR) is 114 cm³/mol. The Balaban J connectivity index is 1.26. The van der Waals surface area contributed by atoms with Crippen LogP contribution in [0.2, 0.25) is 5.02 Å². The van der Waals surface area contributed by atoms with E-state index in [0.29, 0.717) is 17.6 Å². The molecule has 5 nitrogen and oxygen atoms in total. The van der Waals surface area contributed by atoms with Crippen LogP contribution < -0.4 is 0 Å². The first kappa shape index (κ1) is 18.3. The third kappa shape index (κ3) is 3.88. The van der Waals surface area contributed by atoms with Gasteiger partial charge in [0.25, 0.3) is 0 Å². The van der Waals surface area contributed by atoms with Gasteiger partial charge in [-0.05, 0) is 49.7 Å². The van der Waals surface area contributed by atoms with E-state index >= 15 is 0 Å². The van der Waals surface area contributed by atoms with Crippen molar-refractivity contribution in [3.63, 3.8) is 0 Å². The van der Waals surface area contributed by atoms with Gasteiger partial charge in [0, 0.05) is 22.9 Å². The van der Waals surface area contributed by atoms with Crippen molar-refractivity contribution < 1.29 is 4.52 Å². The van der Waals surface area contributed by atoms with E-state index in [-0.39, 0.29) is 0 Å². The molecule has 0 N–H and O–H groups in total. The maximum absolute atomic E-state index is 6.30. The third-order valence-electron chi connectivity index (χ3n) is 5.56. The first-order valence-electron chi connectivity index (χ1n) is 9.92. The summed E-state index contributed by atoms with van der Waals surface area (Å²) in [5, 5.41) is 6.12. The minimum Gasteiger partial charge on any atom is -0.339 e. The standard InChI is InChI=1S/C23H21ClN4O/c24-19-7-3-1-6-18(19)15-28-13-11-17(12-14-28)23-26-22(27-29-23)21-10-9-16-5-2-4-8-20(16)25-21/h1-10,17H,11-15H2. The first-order chi connectivity index (χ1) is 14.3. The van der Waals surface area contributed by atoms with Crippen LogP contribution in [-0.4, -0.2) is 33.1 Å². The number of hydrogen-bond donors (Lipinski definition) is 0. The van der Waals surface area contributed by atoms with Gasteiger partial charge in [-0.25, -0.2) is 4.98 Å². The van der Waals surface area contributed by atoms with Crippen molar-refractivity contribution in [3.05, 3.63) is 77.1 Å². The Labute approximate surface area is 174 Å². The number of para-hydroxylation sites is 1. The normalized spacial score (nSPS) is 15.8. The average Bonchev–Trinajstić information content (AvgIpc) is 3.26. The van der Waals surface area contributed by atoms with Crippen molar-refractivity contribution in [2.45, 2.75) is 25.3 Å². The summed E-state index contributed by atoms with van der Waals surface area (Å²) >= 11 is 6.30. The van der Waals surface area contributed by atoms with Crippen molar-refractivity contribution >= 4 is 22.5 Å². The highest BCUT2D eigenvalue weighted by atomic mass is 35.5. The number of aromatic nitrogens is 3. The van der Waals surface area contributed by atoms with Crippen molar-refractivity contribution in [2.75, 3.05) is 13.1 Å². The van der Waals surface area contributed by atoms with Crippen LogP contribution in [0.15, 0.2) is 65.2 Å². The average molecular weight is 405 g/mol. The van der Waals surface area contributed by atoms with Crippen LogP contribution >= 0.6 is 11.6 Å². The van der Waals surface area contributed by atoms with Crippen LogP contribution in [0.3, 0.4) is 0 Å². The highest BCUT2D eigenvalue weighted by Crippen LogP contribution is 2.30. The summed E-state index contributed by atoms with van der Waals surface area (Å²) in [6.07, 6.45) is 1.99. The van der Waals surface area contributed by atoms with Gasteiger partial charge in [-0.2, -0.15) is 4.98 Å². The molecule has 29 heavy (non-hydrogen) atoms. The smallest absolute Gasteiger partial charge is 0.230 e. The molecule has 0 aliphatic carbocycles. The fourth-order valence-electron chi connectivity index (χ4n) is 3.90. The minimum atomic E-state index is 0.291. The van der Waals surface area contributed by atoms with E-state index in [4.69, 9.17) is 16.1 Å². The van der Waals surface area contributed by atoms with Crippen LogP contribution in [0, 0.1) is 0 Å². The summed E-state index contributed by atoms with van der Waals surface area (Å²) in [4.78, 5) is 11.7. The van der Waals surface area contributed by atoms with Gasteiger partial charge in [-0.15, -0.1) is 0 Å². The molecule has 2 aromatic heterocycles. The molecule has 0 spiro atoms. The zero-order valence-corrected chi connectivity index (χ0v) is 16.7. The Kier molecular flexibility index (Phi) is 5.00. The number of piperidine rings is 1. The van der Waals surface area contributed by atoms with Crippen molar-refractivity contribution in [2.24, 2.45) is 0 Å². The molecule has 0 bridgehead atoms. The largest absolute Gasteiger partial charge is 0.339 e. The maximum atomic E-state index is 6.30. The van der Waals surface area contributed by atoms with E-state index in [2.05, 4.69) is 26.1 Å². The molecule has 0 saturated carbocycles. The lowest BCUT2D eigenvalue weighted by Crippen LogP contribution is -2.32. The molecule has 0 atom stereocenters. The van der Waals surface area contributed by atoms with Crippen molar-refractivity contribution in [1.29, 1.82) is 0 Å². The van der Waals surface area contributed by atoms with Crippen molar-refractivity contribution in [3.8, 4) is 11.5 Å². The van der Waals surface area contributed by atoms with E-state index in [1.807, 2.05) is 54.6 Å². The lowest BCUT2D eigenvalue weighted by atomic mass is 9.96. The molecular weight excluding hydrogens is 384 g/mol. The molecule has 2 aromatic carbocycles. The summed E-state index contributed by atoms with van der Waals surface area (Å²) in [7, 11) is 0. The Morgan fingerprint density at radius 1 is 0.931 bits per heavy atom. The lowest BCUT2D eigenvalue weighted by Gasteiger charge is -2.30. The molecule has 146 valence electrons. The van der Waals surface area contributed by atoms with E-state index in [0.717, 1.165) is 54.1 Å². The zero-order valence-electron chi connectivity index (χ0n) is 16.0. The van der Waals surface area contributed by atoms with E-state index in [1.165, 1.54) is 5.56 Å². The van der Waals surface area contributed by atoms with Gasteiger partial charge in [0.05, 0.1) is 5.52 Å². The highest BCUT2D eigenvalue weighted by molar-refractivity contribution is 6.31. The van der Waals surface area contributed by atoms with Gasteiger partial charge < -0.3 is 4.52 Å². The molecule has 0 radical (unpaired) electrons. The second-order valence-electron chi connectivity index (χ2n) is 7.49. The monoisotopic (exact) mass is 404 g/mol. The SMILES string of the molecule is Clc1ccccc1CN1CCC(c2nc(-c3ccc4ccccc4n3)no2)CC1. The highest BCUT2D eigenvalue weighted by Gasteiger charge is 2.26. The summed E-state index contributed by atoms with van der Waals surface area (Å²) < 4.78 is 5.60. The number of nitrogens with zero attached hydrogens (tertiary/aromatic N) is 4. The summed E-state index contributed by atoms with van der Waals surface area (Å²) in [5.74, 6) is 1.57. The molecule has 3 heterocycles. The maximum Gasteiger partial charge on any atom is 0.230 e. The van der Waals surface area contributed by atoms with Gasteiger partial charge in [-0.1, -0.05) is 59.2 Å². The summed E-state index contributed by atoms with van der Waals surface area (Å²) in [5.41, 5.74) is 2.86. The fourth-order valence-corrected chi connectivity index (χ4v) is 4.10. The zero-order chi connectivity index (χ0) is 19.6. The minimum absolute atomic E-state index is 0.291. The van der Waals surface area contributed by atoms with Crippen LogP contribution in [-0.2, 0) is 6.54 Å². The number of halogens is 1. The molecule has 1 saturated heterocycles. The van der Waals surface area contributed by atoms with Gasteiger partial charge in [-0.3, -0.25) is 4.90 Å². The second-order valence-corrected chi connectivity index (χ2v) is 7.89. The first-order valence-corrected chi connectivity index (χ1v) is 10.3. The molecule has 5 rings (SSSR count). The second kappa shape index (κ2) is 7.93. The number of rotatable bonds is 4. The Morgan fingerprint density at radius 3 is 2.59 bits per heavy atom. The number of fused-ring (bicyclic) bond motifs is 1. The van der Waals surface area contributed by atoms with Gasteiger partial charge in [0.1, 0.15) is 5.69 Å². The quantitative estimate of drug-likeness (QED) is 0.461. The van der Waals surface area contributed by atoms with E-state index < -0.39 is 0 Å². The third-order valence-corrected chi connectivity index (χ3v) is 5.93. The number of likely N-dealkylation sites (tertiary alicyclic amines) is 1. The number of hydrogen-bond acceptors (Lipinski definition) is 5. The molecular formula is C23H21ClN4O. The molecule has 1 fully saturated rings. The molecule has 1 aliphatic rings. The van der Waals surface area contributed by atoms with Crippen LogP contribution in [0.4, 0.5) is 0 Å². The molecule has 1 aliphatic heterocycles. The molecule has 6 heteroatoms.